The molecule has 1 aromatic rings. The van der Waals surface area contributed by atoms with Gasteiger partial charge in [0.1, 0.15) is 0 Å². The summed E-state index contributed by atoms with van der Waals surface area (Å²) in [7, 11) is 0. The molecule has 1 aliphatic rings. The summed E-state index contributed by atoms with van der Waals surface area (Å²) in [6.07, 6.45) is 2.65. The van der Waals surface area contributed by atoms with Gasteiger partial charge in [-0.15, -0.1) is 11.3 Å². The monoisotopic (exact) mass is 181 g/mol. The Kier molecular flexibility index (Phi) is 2.20. The molecule has 1 saturated heterocycles. The van der Waals surface area contributed by atoms with Crippen LogP contribution >= 0.6 is 11.3 Å². The van der Waals surface area contributed by atoms with Crippen molar-refractivity contribution >= 4 is 11.3 Å². The molecule has 66 valence electrons. The number of rotatable bonds is 1. The van der Waals surface area contributed by atoms with Crippen LogP contribution in [0.15, 0.2) is 6.07 Å². The highest BCUT2D eigenvalue weighted by Gasteiger charge is 2.18. The molecule has 0 bridgehead atoms. The van der Waals surface area contributed by atoms with Gasteiger partial charge in [-0.2, -0.15) is 0 Å². The predicted molar refractivity (Wildman–Crippen MR) is 53.8 cm³/mol. The van der Waals surface area contributed by atoms with Gasteiger partial charge >= 0.3 is 0 Å². The predicted octanol–water partition coefficient (Wildman–Crippen LogP) is 2.79. The van der Waals surface area contributed by atoms with Crippen molar-refractivity contribution in [3.63, 3.8) is 0 Å². The molecule has 0 radical (unpaired) electrons. The molecular weight excluding hydrogens is 166 g/mol. The van der Waals surface area contributed by atoms with Gasteiger partial charge in [0, 0.05) is 15.8 Å². The highest BCUT2D eigenvalue weighted by Crippen LogP contribution is 2.30. The summed E-state index contributed by atoms with van der Waals surface area (Å²) in [4.78, 5) is 2.93. The largest absolute Gasteiger partial charge is 0.310 e. The van der Waals surface area contributed by atoms with Crippen LogP contribution < -0.4 is 5.32 Å². The van der Waals surface area contributed by atoms with Crippen LogP contribution in [0, 0.1) is 13.8 Å². The van der Waals surface area contributed by atoms with Crippen LogP contribution in [0.5, 0.6) is 0 Å². The Labute approximate surface area is 77.8 Å². The molecule has 1 aliphatic heterocycles. The summed E-state index contributed by atoms with van der Waals surface area (Å²) in [5.74, 6) is 0. The molecule has 1 nitrogen and oxygen atoms in total. The Morgan fingerprint density at radius 2 is 2.33 bits per heavy atom. The molecule has 0 amide bonds. The minimum absolute atomic E-state index is 0.648. The van der Waals surface area contributed by atoms with E-state index in [1.807, 2.05) is 11.3 Å². The smallest absolute Gasteiger partial charge is 0.0331 e. The normalized spacial score (nSPS) is 23.3. The van der Waals surface area contributed by atoms with Gasteiger partial charge in [0.2, 0.25) is 0 Å². The molecule has 0 aliphatic carbocycles. The van der Waals surface area contributed by atoms with E-state index in [2.05, 4.69) is 25.2 Å². The van der Waals surface area contributed by atoms with Gasteiger partial charge in [-0.05, 0) is 44.9 Å². The van der Waals surface area contributed by atoms with Crippen LogP contribution in [0.4, 0.5) is 0 Å². The second kappa shape index (κ2) is 3.19. The number of thiophene rings is 1. The fraction of sp³-hybridized carbons (Fsp3) is 0.600. The average molecular weight is 181 g/mol. The average Bonchev–Trinajstić information content (AvgIpc) is 2.58. The third kappa shape index (κ3) is 1.41. The second-order valence-electron chi connectivity index (χ2n) is 3.52. The Hall–Kier alpha value is -0.340. The van der Waals surface area contributed by atoms with Gasteiger partial charge in [-0.1, -0.05) is 0 Å². The standard InChI is InChI=1S/C10H15NS/c1-7-6-9(8(2)12-7)10-4-3-5-11-10/h6,10-11H,3-5H2,1-2H3. The fourth-order valence-electron chi connectivity index (χ4n) is 1.95. The van der Waals surface area contributed by atoms with E-state index in [9.17, 15) is 0 Å². The molecule has 12 heavy (non-hydrogen) atoms. The number of aryl methyl sites for hydroxylation is 2. The molecule has 0 aromatic carbocycles. The summed E-state index contributed by atoms with van der Waals surface area (Å²) in [5.41, 5.74) is 1.54. The quantitative estimate of drug-likeness (QED) is 0.702. The van der Waals surface area contributed by atoms with Crippen molar-refractivity contribution in [2.24, 2.45) is 0 Å². The maximum atomic E-state index is 3.53. The summed E-state index contributed by atoms with van der Waals surface area (Å²) in [6, 6.07) is 2.98. The van der Waals surface area contributed by atoms with Crippen molar-refractivity contribution in [3.05, 3.63) is 21.4 Å². The minimum atomic E-state index is 0.648. The van der Waals surface area contributed by atoms with Crippen molar-refractivity contribution in [1.29, 1.82) is 0 Å². The van der Waals surface area contributed by atoms with Crippen molar-refractivity contribution < 1.29 is 0 Å². The van der Waals surface area contributed by atoms with Crippen molar-refractivity contribution in [3.8, 4) is 0 Å². The molecule has 2 heterocycles. The Balaban J connectivity index is 2.25. The number of hydrogen-bond donors (Lipinski definition) is 1. The molecule has 1 unspecified atom stereocenters. The van der Waals surface area contributed by atoms with Gasteiger partial charge in [0.05, 0.1) is 0 Å². The first kappa shape index (κ1) is 8.27. The Morgan fingerprint density at radius 1 is 1.50 bits per heavy atom. The van der Waals surface area contributed by atoms with Crippen molar-refractivity contribution in [2.45, 2.75) is 32.7 Å². The molecule has 2 rings (SSSR count). The Bertz CT molecular complexity index is 271. The van der Waals surface area contributed by atoms with E-state index < -0.39 is 0 Å². The molecule has 0 spiro atoms. The maximum absolute atomic E-state index is 3.53. The summed E-state index contributed by atoms with van der Waals surface area (Å²) < 4.78 is 0. The van der Waals surface area contributed by atoms with E-state index in [4.69, 9.17) is 0 Å². The van der Waals surface area contributed by atoms with Crippen LogP contribution in [0.2, 0.25) is 0 Å². The molecule has 0 saturated carbocycles. The van der Waals surface area contributed by atoms with Crippen LogP contribution in [-0.2, 0) is 0 Å². The van der Waals surface area contributed by atoms with Crippen molar-refractivity contribution in [1.82, 2.24) is 5.32 Å². The van der Waals surface area contributed by atoms with Gasteiger partial charge < -0.3 is 5.32 Å². The first-order valence-electron chi connectivity index (χ1n) is 4.57. The summed E-state index contributed by atoms with van der Waals surface area (Å²) in [6.45, 7) is 5.61. The lowest BCUT2D eigenvalue weighted by Crippen LogP contribution is -2.12. The fourth-order valence-corrected chi connectivity index (χ4v) is 2.93. The van der Waals surface area contributed by atoms with Crippen LogP contribution in [0.25, 0.3) is 0 Å². The molecule has 1 aromatic heterocycles. The molecule has 1 N–H and O–H groups in total. The first-order valence-corrected chi connectivity index (χ1v) is 5.39. The lowest BCUT2D eigenvalue weighted by atomic mass is 10.1. The van der Waals surface area contributed by atoms with E-state index in [-0.39, 0.29) is 0 Å². The summed E-state index contributed by atoms with van der Waals surface area (Å²) in [5, 5.41) is 3.53. The lowest BCUT2D eigenvalue weighted by Gasteiger charge is -2.08. The maximum Gasteiger partial charge on any atom is 0.0331 e. The molecular formula is C10H15NS. The lowest BCUT2D eigenvalue weighted by molar-refractivity contribution is 0.646. The van der Waals surface area contributed by atoms with Gasteiger partial charge in [0.15, 0.2) is 0 Å². The zero-order valence-corrected chi connectivity index (χ0v) is 8.50. The van der Waals surface area contributed by atoms with E-state index in [0.717, 1.165) is 0 Å². The van der Waals surface area contributed by atoms with Gasteiger partial charge in [-0.25, -0.2) is 0 Å². The molecule has 1 fully saturated rings. The Morgan fingerprint density at radius 3 is 2.83 bits per heavy atom. The SMILES string of the molecule is Cc1cc(C2CCCN2)c(C)s1. The zero-order chi connectivity index (χ0) is 8.55. The minimum Gasteiger partial charge on any atom is -0.310 e. The second-order valence-corrected chi connectivity index (χ2v) is 4.98. The van der Waals surface area contributed by atoms with Gasteiger partial charge in [-0.3, -0.25) is 0 Å². The van der Waals surface area contributed by atoms with Crippen molar-refractivity contribution in [2.75, 3.05) is 6.54 Å². The van der Waals surface area contributed by atoms with Crippen LogP contribution in [0.1, 0.15) is 34.2 Å². The van der Waals surface area contributed by atoms with E-state index in [1.54, 1.807) is 0 Å². The number of hydrogen-bond acceptors (Lipinski definition) is 2. The van der Waals surface area contributed by atoms with E-state index >= 15 is 0 Å². The highest BCUT2D eigenvalue weighted by atomic mass is 32.1. The first-order chi connectivity index (χ1) is 5.77. The van der Waals surface area contributed by atoms with Crippen LogP contribution in [0.3, 0.4) is 0 Å². The third-order valence-electron chi connectivity index (χ3n) is 2.52. The van der Waals surface area contributed by atoms with Crippen LogP contribution in [-0.4, -0.2) is 6.54 Å². The topological polar surface area (TPSA) is 12.0 Å². The number of nitrogens with one attached hydrogen (secondary N) is 1. The molecule has 1 atom stereocenters. The van der Waals surface area contributed by atoms with E-state index in [1.165, 1.54) is 34.7 Å². The van der Waals surface area contributed by atoms with E-state index in [0.29, 0.717) is 6.04 Å². The third-order valence-corrected chi connectivity index (χ3v) is 3.50. The van der Waals surface area contributed by atoms with Gasteiger partial charge in [0.25, 0.3) is 0 Å². The molecule has 2 heteroatoms. The summed E-state index contributed by atoms with van der Waals surface area (Å²) >= 11 is 1.92. The highest BCUT2D eigenvalue weighted by molar-refractivity contribution is 7.12. The zero-order valence-electron chi connectivity index (χ0n) is 7.68.